The van der Waals surface area contributed by atoms with Gasteiger partial charge in [-0.2, -0.15) is 0 Å². The fourth-order valence-electron chi connectivity index (χ4n) is 2.67. The molecule has 0 bridgehead atoms. The molecular formula is C17H22N2O2S. The minimum atomic E-state index is 0.0487. The number of thiophene rings is 1. The number of ether oxygens (including phenoxy) is 1. The van der Waals surface area contributed by atoms with Crippen LogP contribution in [0.4, 0.5) is 0 Å². The van der Waals surface area contributed by atoms with E-state index in [1.165, 1.54) is 4.70 Å². The van der Waals surface area contributed by atoms with Crippen LogP contribution in [0.2, 0.25) is 0 Å². The highest BCUT2D eigenvalue weighted by Crippen LogP contribution is 2.24. The lowest BCUT2D eigenvalue weighted by Gasteiger charge is -2.26. The van der Waals surface area contributed by atoms with Gasteiger partial charge in [0.1, 0.15) is 0 Å². The van der Waals surface area contributed by atoms with Gasteiger partial charge >= 0.3 is 0 Å². The predicted molar refractivity (Wildman–Crippen MR) is 90.7 cm³/mol. The van der Waals surface area contributed by atoms with Gasteiger partial charge in [0.25, 0.3) is 5.91 Å². The first kappa shape index (κ1) is 15.5. The summed E-state index contributed by atoms with van der Waals surface area (Å²) in [5.41, 5.74) is 0. The summed E-state index contributed by atoms with van der Waals surface area (Å²) in [4.78, 5) is 15.4. The highest BCUT2D eigenvalue weighted by molar-refractivity contribution is 7.20. The standard InChI is InChI=1S/C17H22N2O2S/c20-17(16-13-14-5-1-2-6-15(14)22-16)18-7-3-4-8-19-9-11-21-12-10-19/h1-2,5-6,13H,3-4,7-12H2,(H,18,20). The molecule has 1 N–H and O–H groups in total. The van der Waals surface area contributed by atoms with Gasteiger partial charge in [0.2, 0.25) is 0 Å². The van der Waals surface area contributed by atoms with Crippen molar-refractivity contribution in [1.29, 1.82) is 0 Å². The zero-order valence-electron chi connectivity index (χ0n) is 12.7. The van der Waals surface area contributed by atoms with E-state index in [4.69, 9.17) is 4.74 Å². The molecule has 1 aromatic heterocycles. The third-order valence-electron chi connectivity index (χ3n) is 3.94. The summed E-state index contributed by atoms with van der Waals surface area (Å²) in [5.74, 6) is 0.0487. The lowest BCUT2D eigenvalue weighted by Crippen LogP contribution is -2.37. The number of nitrogens with one attached hydrogen (secondary N) is 1. The molecule has 2 heterocycles. The maximum atomic E-state index is 12.2. The van der Waals surface area contributed by atoms with Gasteiger partial charge in [0.05, 0.1) is 18.1 Å². The Labute approximate surface area is 135 Å². The smallest absolute Gasteiger partial charge is 0.261 e. The van der Waals surface area contributed by atoms with E-state index in [-0.39, 0.29) is 5.91 Å². The third-order valence-corrected chi connectivity index (χ3v) is 5.05. The van der Waals surface area contributed by atoms with Crippen LogP contribution in [0.3, 0.4) is 0 Å². The summed E-state index contributed by atoms with van der Waals surface area (Å²) >= 11 is 1.56. The zero-order chi connectivity index (χ0) is 15.2. The van der Waals surface area contributed by atoms with Gasteiger partial charge < -0.3 is 10.1 Å². The molecule has 0 radical (unpaired) electrons. The number of nitrogens with zero attached hydrogens (tertiary/aromatic N) is 1. The van der Waals surface area contributed by atoms with E-state index in [9.17, 15) is 4.79 Å². The Balaban J connectivity index is 1.38. The van der Waals surface area contributed by atoms with Crippen LogP contribution >= 0.6 is 11.3 Å². The molecule has 0 spiro atoms. The molecule has 22 heavy (non-hydrogen) atoms. The molecular weight excluding hydrogens is 296 g/mol. The Kier molecular flexibility index (Phi) is 5.43. The number of carbonyl (C=O) groups excluding carboxylic acids is 1. The Hall–Kier alpha value is -1.43. The van der Waals surface area contributed by atoms with Crippen LogP contribution < -0.4 is 5.32 Å². The lowest BCUT2D eigenvalue weighted by molar-refractivity contribution is 0.0372. The molecule has 1 amide bonds. The van der Waals surface area contributed by atoms with Crippen molar-refractivity contribution in [3.8, 4) is 0 Å². The summed E-state index contributed by atoms with van der Waals surface area (Å²) in [6, 6.07) is 10.1. The van der Waals surface area contributed by atoms with Gasteiger partial charge in [-0.15, -0.1) is 11.3 Å². The van der Waals surface area contributed by atoms with Gasteiger partial charge in [0.15, 0.2) is 0 Å². The Morgan fingerprint density at radius 2 is 2.05 bits per heavy atom. The fourth-order valence-corrected chi connectivity index (χ4v) is 3.65. The molecule has 0 aliphatic carbocycles. The SMILES string of the molecule is O=C(NCCCCN1CCOCC1)c1cc2ccccc2s1. The Bertz CT molecular complexity index is 587. The van der Waals surface area contributed by atoms with Crippen molar-refractivity contribution in [3.63, 3.8) is 0 Å². The largest absolute Gasteiger partial charge is 0.379 e. The molecule has 4 nitrogen and oxygen atoms in total. The molecule has 0 saturated carbocycles. The van der Waals surface area contributed by atoms with Crippen molar-refractivity contribution in [2.75, 3.05) is 39.4 Å². The minimum absolute atomic E-state index is 0.0487. The number of hydrogen-bond donors (Lipinski definition) is 1. The Morgan fingerprint density at radius 1 is 1.23 bits per heavy atom. The topological polar surface area (TPSA) is 41.6 Å². The van der Waals surface area contributed by atoms with E-state index in [2.05, 4.69) is 16.3 Å². The molecule has 118 valence electrons. The van der Waals surface area contributed by atoms with Crippen LogP contribution in [-0.2, 0) is 4.74 Å². The molecule has 1 aromatic carbocycles. The molecule has 0 unspecified atom stereocenters. The molecule has 2 aromatic rings. The predicted octanol–water partition coefficient (Wildman–Crippen LogP) is 2.74. The van der Waals surface area contributed by atoms with E-state index in [1.54, 1.807) is 11.3 Å². The van der Waals surface area contributed by atoms with Crippen LogP contribution in [0.25, 0.3) is 10.1 Å². The summed E-state index contributed by atoms with van der Waals surface area (Å²) in [7, 11) is 0. The number of carbonyl (C=O) groups is 1. The van der Waals surface area contributed by atoms with E-state index < -0.39 is 0 Å². The van der Waals surface area contributed by atoms with Crippen molar-refractivity contribution in [2.45, 2.75) is 12.8 Å². The van der Waals surface area contributed by atoms with Crippen LogP contribution in [0.5, 0.6) is 0 Å². The molecule has 1 aliphatic rings. The minimum Gasteiger partial charge on any atom is -0.379 e. The highest BCUT2D eigenvalue weighted by Gasteiger charge is 2.11. The molecule has 1 saturated heterocycles. The average molecular weight is 318 g/mol. The number of benzene rings is 1. The summed E-state index contributed by atoms with van der Waals surface area (Å²) in [5, 5.41) is 4.17. The maximum Gasteiger partial charge on any atom is 0.261 e. The molecule has 3 rings (SSSR count). The monoisotopic (exact) mass is 318 g/mol. The quantitative estimate of drug-likeness (QED) is 0.833. The third kappa shape index (κ3) is 4.06. The maximum absolute atomic E-state index is 12.2. The van der Waals surface area contributed by atoms with Crippen molar-refractivity contribution in [2.24, 2.45) is 0 Å². The van der Waals surface area contributed by atoms with E-state index in [0.29, 0.717) is 0 Å². The first-order chi connectivity index (χ1) is 10.8. The second kappa shape index (κ2) is 7.72. The number of rotatable bonds is 6. The van der Waals surface area contributed by atoms with Crippen molar-refractivity contribution >= 4 is 27.3 Å². The van der Waals surface area contributed by atoms with E-state index >= 15 is 0 Å². The molecule has 1 fully saturated rings. The van der Waals surface area contributed by atoms with Gasteiger partial charge in [-0.25, -0.2) is 0 Å². The van der Waals surface area contributed by atoms with E-state index in [0.717, 1.165) is 62.5 Å². The van der Waals surface area contributed by atoms with E-state index in [1.807, 2.05) is 24.3 Å². The van der Waals surface area contributed by atoms with Gasteiger partial charge in [-0.1, -0.05) is 18.2 Å². The normalized spacial score (nSPS) is 16.0. The molecule has 1 aliphatic heterocycles. The van der Waals surface area contributed by atoms with Gasteiger partial charge in [-0.3, -0.25) is 9.69 Å². The van der Waals surface area contributed by atoms with Gasteiger partial charge in [0, 0.05) is 24.3 Å². The molecule has 5 heteroatoms. The fraction of sp³-hybridized carbons (Fsp3) is 0.471. The lowest BCUT2D eigenvalue weighted by atomic mass is 10.2. The van der Waals surface area contributed by atoms with Crippen LogP contribution in [-0.4, -0.2) is 50.2 Å². The molecule has 0 atom stereocenters. The van der Waals surface area contributed by atoms with Crippen LogP contribution in [0, 0.1) is 0 Å². The summed E-state index contributed by atoms with van der Waals surface area (Å²) < 4.78 is 6.50. The zero-order valence-corrected chi connectivity index (χ0v) is 13.5. The van der Waals surface area contributed by atoms with Crippen molar-refractivity contribution < 1.29 is 9.53 Å². The Morgan fingerprint density at radius 3 is 2.86 bits per heavy atom. The number of unbranched alkanes of at least 4 members (excludes halogenated alkanes) is 1. The number of hydrogen-bond acceptors (Lipinski definition) is 4. The van der Waals surface area contributed by atoms with Crippen LogP contribution in [0.15, 0.2) is 30.3 Å². The first-order valence-electron chi connectivity index (χ1n) is 7.90. The second-order valence-corrected chi connectivity index (χ2v) is 6.65. The van der Waals surface area contributed by atoms with Gasteiger partial charge in [-0.05, 0) is 36.9 Å². The highest BCUT2D eigenvalue weighted by atomic mass is 32.1. The van der Waals surface area contributed by atoms with Crippen molar-refractivity contribution in [3.05, 3.63) is 35.2 Å². The summed E-state index contributed by atoms with van der Waals surface area (Å²) in [6.07, 6.45) is 2.14. The average Bonchev–Trinajstić information content (AvgIpc) is 2.99. The van der Waals surface area contributed by atoms with Crippen LogP contribution in [0.1, 0.15) is 22.5 Å². The first-order valence-corrected chi connectivity index (χ1v) is 8.71. The van der Waals surface area contributed by atoms with Crippen molar-refractivity contribution in [1.82, 2.24) is 10.2 Å². The number of fused-ring (bicyclic) bond motifs is 1. The second-order valence-electron chi connectivity index (χ2n) is 5.57. The summed E-state index contributed by atoms with van der Waals surface area (Å²) in [6.45, 7) is 5.62. The number of amides is 1. The number of morpholine rings is 1.